The number of aliphatic hydroxyl groups excluding tert-OH is 1. The summed E-state index contributed by atoms with van der Waals surface area (Å²) in [7, 11) is 1.79. The molecular weight excluding hydrogens is 270 g/mol. The molecule has 0 aliphatic carbocycles. The summed E-state index contributed by atoms with van der Waals surface area (Å²) in [5, 5.41) is 25.1. The molecule has 2 aromatic rings. The first-order chi connectivity index (χ1) is 8.90. The maximum Gasteiger partial charge on any atom is 0.334 e. The van der Waals surface area contributed by atoms with Crippen molar-refractivity contribution in [2.75, 3.05) is 6.54 Å². The Bertz CT molecular complexity index is 611. The van der Waals surface area contributed by atoms with Gasteiger partial charge >= 0.3 is 5.97 Å². The summed E-state index contributed by atoms with van der Waals surface area (Å²) in [5.74, 6) is -1.77. The molecule has 2 heterocycles. The molecule has 7 nitrogen and oxygen atoms in total. The number of rotatable bonds is 4. The molecule has 0 aliphatic rings. The molecule has 0 unspecified atom stereocenters. The minimum Gasteiger partial charge on any atom is -0.479 e. The first-order valence-corrected chi connectivity index (χ1v) is 6.34. The highest BCUT2D eigenvalue weighted by molar-refractivity contribution is 7.20. The van der Waals surface area contributed by atoms with Crippen molar-refractivity contribution in [3.63, 3.8) is 0 Å². The Morgan fingerprint density at radius 1 is 1.58 bits per heavy atom. The summed E-state index contributed by atoms with van der Waals surface area (Å²) in [6.07, 6.45) is -1.60. The average Bonchev–Trinajstić information content (AvgIpc) is 2.89. The molecule has 0 fully saturated rings. The zero-order chi connectivity index (χ0) is 14.2. The first kappa shape index (κ1) is 13.5. The van der Waals surface area contributed by atoms with Gasteiger partial charge in [-0.15, -0.1) is 11.3 Å². The Kier molecular flexibility index (Phi) is 3.54. The van der Waals surface area contributed by atoms with Crippen LogP contribution in [0.25, 0.3) is 10.2 Å². The number of carbonyl (C=O) groups is 2. The van der Waals surface area contributed by atoms with Gasteiger partial charge in [-0.3, -0.25) is 9.48 Å². The minimum atomic E-state index is -1.60. The number of aliphatic carboxylic acids is 1. The van der Waals surface area contributed by atoms with Crippen LogP contribution in [0, 0.1) is 6.92 Å². The molecule has 0 aliphatic heterocycles. The first-order valence-electron chi connectivity index (χ1n) is 5.52. The Morgan fingerprint density at radius 3 is 2.84 bits per heavy atom. The number of aliphatic hydroxyl groups is 1. The fourth-order valence-electron chi connectivity index (χ4n) is 1.68. The van der Waals surface area contributed by atoms with E-state index in [1.807, 2.05) is 6.92 Å². The maximum atomic E-state index is 11.8. The second-order valence-corrected chi connectivity index (χ2v) is 5.13. The van der Waals surface area contributed by atoms with Gasteiger partial charge in [0.05, 0.1) is 17.1 Å². The SMILES string of the molecule is Cc1nn(C)c2sc(C(=O)NC[C@H](O)C(=O)O)cc12. The van der Waals surface area contributed by atoms with Crippen LogP contribution in [0.5, 0.6) is 0 Å². The zero-order valence-electron chi connectivity index (χ0n) is 10.4. The monoisotopic (exact) mass is 283 g/mol. The van der Waals surface area contributed by atoms with Gasteiger partial charge in [0.2, 0.25) is 0 Å². The van der Waals surface area contributed by atoms with Gasteiger partial charge in [-0.2, -0.15) is 5.10 Å². The van der Waals surface area contributed by atoms with Crippen LogP contribution < -0.4 is 5.32 Å². The Labute approximate surface area is 112 Å². The summed E-state index contributed by atoms with van der Waals surface area (Å²) in [6, 6.07) is 1.71. The van der Waals surface area contributed by atoms with Crippen molar-refractivity contribution in [2.45, 2.75) is 13.0 Å². The predicted octanol–water partition coefficient (Wildman–Crippen LogP) is 0.119. The lowest BCUT2D eigenvalue weighted by Crippen LogP contribution is -2.36. The number of hydrogen-bond donors (Lipinski definition) is 3. The van der Waals surface area contributed by atoms with Gasteiger partial charge in [-0.1, -0.05) is 0 Å². The second-order valence-electron chi connectivity index (χ2n) is 4.10. The highest BCUT2D eigenvalue weighted by Gasteiger charge is 2.18. The number of amides is 1. The summed E-state index contributed by atoms with van der Waals surface area (Å²) < 4.78 is 1.69. The molecule has 19 heavy (non-hydrogen) atoms. The van der Waals surface area contributed by atoms with Crippen molar-refractivity contribution in [1.29, 1.82) is 0 Å². The molecule has 1 atom stereocenters. The van der Waals surface area contributed by atoms with E-state index in [0.717, 1.165) is 15.9 Å². The number of nitrogens with zero attached hydrogens (tertiary/aromatic N) is 2. The van der Waals surface area contributed by atoms with Crippen LogP contribution in [-0.2, 0) is 11.8 Å². The third-order valence-corrected chi connectivity index (χ3v) is 3.86. The van der Waals surface area contributed by atoms with Gasteiger partial charge in [0.15, 0.2) is 6.10 Å². The second kappa shape index (κ2) is 4.98. The van der Waals surface area contributed by atoms with Gasteiger partial charge in [-0.05, 0) is 13.0 Å². The number of carboxylic acids is 1. The number of aromatic nitrogens is 2. The molecule has 2 aromatic heterocycles. The lowest BCUT2D eigenvalue weighted by atomic mass is 10.3. The number of carboxylic acid groups (broad SMARTS) is 1. The fourth-order valence-corrected chi connectivity index (χ4v) is 2.72. The lowest BCUT2D eigenvalue weighted by Gasteiger charge is -2.06. The van der Waals surface area contributed by atoms with Crippen LogP contribution in [-0.4, -0.2) is 44.5 Å². The molecule has 0 bridgehead atoms. The van der Waals surface area contributed by atoms with Gasteiger partial charge < -0.3 is 15.5 Å². The highest BCUT2D eigenvalue weighted by atomic mass is 32.1. The minimum absolute atomic E-state index is 0.320. The zero-order valence-corrected chi connectivity index (χ0v) is 11.2. The Morgan fingerprint density at radius 2 is 2.26 bits per heavy atom. The van der Waals surface area contributed by atoms with Crippen LogP contribution in [0.4, 0.5) is 0 Å². The molecule has 102 valence electrons. The van der Waals surface area contributed by atoms with Gasteiger partial charge in [-0.25, -0.2) is 4.79 Å². The molecule has 8 heteroatoms. The van der Waals surface area contributed by atoms with Crippen molar-refractivity contribution in [1.82, 2.24) is 15.1 Å². The van der Waals surface area contributed by atoms with Crippen LogP contribution in [0.2, 0.25) is 0 Å². The van der Waals surface area contributed by atoms with Crippen LogP contribution in [0.15, 0.2) is 6.07 Å². The average molecular weight is 283 g/mol. The number of carbonyl (C=O) groups excluding carboxylic acids is 1. The molecule has 1 amide bonds. The standard InChI is InChI=1S/C11H13N3O4S/c1-5-6-3-8(19-10(6)14(2)13-5)9(16)12-4-7(15)11(17)18/h3,7,15H,4H2,1-2H3,(H,12,16)(H,17,18)/t7-/m0/s1. The van der Waals surface area contributed by atoms with E-state index in [-0.39, 0.29) is 6.54 Å². The van der Waals surface area contributed by atoms with Crippen molar-refractivity contribution in [3.8, 4) is 0 Å². The quantitative estimate of drug-likeness (QED) is 0.739. The number of thiophene rings is 1. The van der Waals surface area contributed by atoms with E-state index in [1.165, 1.54) is 11.3 Å². The number of aryl methyl sites for hydroxylation is 2. The molecule has 0 radical (unpaired) electrons. The summed E-state index contributed by atoms with van der Waals surface area (Å²) in [6.45, 7) is 1.53. The van der Waals surface area contributed by atoms with Crippen molar-refractivity contribution in [2.24, 2.45) is 7.05 Å². The fraction of sp³-hybridized carbons (Fsp3) is 0.364. The van der Waals surface area contributed by atoms with Gasteiger partial charge in [0, 0.05) is 12.4 Å². The smallest absolute Gasteiger partial charge is 0.334 e. The van der Waals surface area contributed by atoms with E-state index in [9.17, 15) is 9.59 Å². The van der Waals surface area contributed by atoms with E-state index in [2.05, 4.69) is 10.4 Å². The molecule has 2 rings (SSSR count). The molecule has 0 spiro atoms. The van der Waals surface area contributed by atoms with Gasteiger partial charge in [0.1, 0.15) is 4.83 Å². The normalized spacial score (nSPS) is 12.6. The summed E-state index contributed by atoms with van der Waals surface area (Å²) in [4.78, 5) is 23.6. The summed E-state index contributed by atoms with van der Waals surface area (Å²) in [5.41, 5.74) is 0.832. The lowest BCUT2D eigenvalue weighted by molar-refractivity contribution is -0.146. The van der Waals surface area contributed by atoms with Crippen molar-refractivity contribution in [3.05, 3.63) is 16.6 Å². The number of hydrogen-bond acceptors (Lipinski definition) is 5. The molecule has 3 N–H and O–H groups in total. The van der Waals surface area contributed by atoms with E-state index in [0.29, 0.717) is 4.88 Å². The van der Waals surface area contributed by atoms with E-state index in [4.69, 9.17) is 10.2 Å². The van der Waals surface area contributed by atoms with E-state index in [1.54, 1.807) is 17.8 Å². The number of nitrogens with one attached hydrogen (secondary N) is 1. The molecular formula is C11H13N3O4S. The highest BCUT2D eigenvalue weighted by Crippen LogP contribution is 2.27. The van der Waals surface area contributed by atoms with E-state index < -0.39 is 18.0 Å². The molecule has 0 aromatic carbocycles. The third kappa shape index (κ3) is 2.59. The predicted molar refractivity (Wildman–Crippen MR) is 69.3 cm³/mol. The molecule has 0 saturated heterocycles. The molecule has 0 saturated carbocycles. The van der Waals surface area contributed by atoms with Crippen LogP contribution in [0.3, 0.4) is 0 Å². The topological polar surface area (TPSA) is 104 Å². The van der Waals surface area contributed by atoms with Crippen molar-refractivity contribution >= 4 is 33.4 Å². The van der Waals surface area contributed by atoms with Gasteiger partial charge in [0.25, 0.3) is 5.91 Å². The van der Waals surface area contributed by atoms with Crippen LogP contribution in [0.1, 0.15) is 15.4 Å². The third-order valence-electron chi connectivity index (χ3n) is 2.66. The van der Waals surface area contributed by atoms with Crippen molar-refractivity contribution < 1.29 is 19.8 Å². The maximum absolute atomic E-state index is 11.8. The Balaban J connectivity index is 2.13. The Hall–Kier alpha value is -1.93. The largest absolute Gasteiger partial charge is 0.479 e. The summed E-state index contributed by atoms with van der Waals surface area (Å²) >= 11 is 1.27. The van der Waals surface area contributed by atoms with Crippen LogP contribution >= 0.6 is 11.3 Å². The van der Waals surface area contributed by atoms with E-state index >= 15 is 0 Å². The number of fused-ring (bicyclic) bond motifs is 1.